The lowest BCUT2D eigenvalue weighted by Gasteiger charge is -2.08. The number of hydrogen-bond acceptors (Lipinski definition) is 8. The molecule has 2 aromatic heterocycles. The van der Waals surface area contributed by atoms with Crippen LogP contribution in [0.2, 0.25) is 0 Å². The zero-order valence-electron chi connectivity index (χ0n) is 10.6. The minimum Gasteiger partial charge on any atom is -0.445 e. The number of benzene rings is 1. The van der Waals surface area contributed by atoms with Crippen molar-refractivity contribution in [1.82, 2.24) is 20.7 Å². The van der Waals surface area contributed by atoms with Crippen molar-refractivity contribution in [3.63, 3.8) is 0 Å². The van der Waals surface area contributed by atoms with Crippen molar-refractivity contribution in [2.45, 2.75) is 6.61 Å². The monoisotopic (exact) mass is 287 g/mol. The highest BCUT2D eigenvalue weighted by molar-refractivity contribution is 5.70. The van der Waals surface area contributed by atoms with Crippen LogP contribution in [0.5, 0.6) is 0 Å². The molecule has 9 heteroatoms. The minimum absolute atomic E-state index is 0.000299. The summed E-state index contributed by atoms with van der Waals surface area (Å²) in [6, 6.07) is 5.29. The highest BCUT2D eigenvalue weighted by Crippen LogP contribution is 2.29. The maximum atomic E-state index is 10.7. The molecule has 2 N–H and O–H groups in total. The van der Waals surface area contributed by atoms with Crippen molar-refractivity contribution in [3.8, 4) is 22.6 Å². The van der Waals surface area contributed by atoms with Crippen LogP contribution in [0.4, 0.5) is 4.79 Å². The molecule has 0 spiro atoms. The summed E-state index contributed by atoms with van der Waals surface area (Å²) < 4.78 is 14.9. The Bertz CT molecular complexity index is 739. The number of carbonyl (C=O) groups is 1. The topological polar surface area (TPSA) is 130 Å². The molecule has 21 heavy (non-hydrogen) atoms. The summed E-state index contributed by atoms with van der Waals surface area (Å²) in [5.41, 5.74) is 7.04. The Hall–Kier alpha value is -3.23. The first-order chi connectivity index (χ1) is 10.2. The number of nitrogens with zero attached hydrogens (tertiary/aromatic N) is 4. The van der Waals surface area contributed by atoms with Gasteiger partial charge in [-0.3, -0.25) is 0 Å². The fraction of sp³-hybridized carbons (Fsp3) is 0.0833. The van der Waals surface area contributed by atoms with Crippen LogP contribution in [0.25, 0.3) is 22.6 Å². The van der Waals surface area contributed by atoms with E-state index in [-0.39, 0.29) is 6.61 Å². The summed E-state index contributed by atoms with van der Waals surface area (Å²) in [6.45, 7) is 0.000299. The summed E-state index contributed by atoms with van der Waals surface area (Å²) in [5, 5.41) is 14.1. The number of ether oxygens (including phenoxy) is 1. The maximum Gasteiger partial charge on any atom is 0.404 e. The molecule has 0 aliphatic rings. The van der Waals surface area contributed by atoms with Gasteiger partial charge in [0, 0.05) is 27.2 Å². The van der Waals surface area contributed by atoms with Gasteiger partial charge in [0.1, 0.15) is 6.61 Å². The van der Waals surface area contributed by atoms with Crippen LogP contribution in [-0.2, 0) is 11.3 Å². The Morgan fingerprint density at radius 1 is 1.14 bits per heavy atom. The third-order valence-corrected chi connectivity index (χ3v) is 2.75. The molecule has 3 rings (SSSR count). The standard InChI is InChI=1S/C12H9N5O4/c13-12(18)19-6-8-2-1-7(10-4-14-16-20-10)3-9(8)11-5-15-17-21-11/h1-5H,6H2,(H2,13,18). The van der Waals surface area contributed by atoms with E-state index >= 15 is 0 Å². The normalized spacial score (nSPS) is 10.5. The molecule has 1 amide bonds. The molecule has 0 saturated heterocycles. The number of rotatable bonds is 4. The third-order valence-electron chi connectivity index (χ3n) is 2.75. The summed E-state index contributed by atoms with van der Waals surface area (Å²) in [7, 11) is 0. The van der Waals surface area contributed by atoms with Gasteiger partial charge in [0.2, 0.25) is 0 Å². The molecule has 1 aromatic carbocycles. The fourth-order valence-corrected chi connectivity index (χ4v) is 1.81. The highest BCUT2D eigenvalue weighted by Gasteiger charge is 2.14. The predicted molar refractivity (Wildman–Crippen MR) is 67.4 cm³/mol. The minimum atomic E-state index is -0.861. The van der Waals surface area contributed by atoms with Crippen LogP contribution >= 0.6 is 0 Å². The number of amides is 1. The molecule has 0 aliphatic carbocycles. The van der Waals surface area contributed by atoms with E-state index in [0.717, 1.165) is 5.56 Å². The zero-order valence-corrected chi connectivity index (χ0v) is 10.6. The summed E-state index contributed by atoms with van der Waals surface area (Å²) in [4.78, 5) is 10.7. The Morgan fingerprint density at radius 2 is 1.86 bits per heavy atom. The SMILES string of the molecule is NC(=O)OCc1ccc(-c2cnno2)cc1-c1cnno1. The Morgan fingerprint density at radius 3 is 2.48 bits per heavy atom. The molecule has 0 fully saturated rings. The van der Waals surface area contributed by atoms with E-state index in [4.69, 9.17) is 19.5 Å². The largest absolute Gasteiger partial charge is 0.445 e. The molecular formula is C12H9N5O4. The second kappa shape index (κ2) is 5.41. The van der Waals surface area contributed by atoms with Gasteiger partial charge in [0.15, 0.2) is 11.5 Å². The molecule has 0 saturated carbocycles. The van der Waals surface area contributed by atoms with E-state index in [9.17, 15) is 4.79 Å². The number of primary amides is 1. The second-order valence-corrected chi connectivity index (χ2v) is 4.04. The number of carbonyl (C=O) groups excluding carboxylic acids is 1. The molecule has 3 aromatic rings. The van der Waals surface area contributed by atoms with Crippen LogP contribution in [0, 0.1) is 0 Å². The van der Waals surface area contributed by atoms with E-state index in [2.05, 4.69) is 20.7 Å². The third kappa shape index (κ3) is 2.71. The van der Waals surface area contributed by atoms with Gasteiger partial charge < -0.3 is 19.5 Å². The van der Waals surface area contributed by atoms with Crippen LogP contribution in [0.3, 0.4) is 0 Å². The van der Waals surface area contributed by atoms with Crippen LogP contribution in [0.1, 0.15) is 5.56 Å². The summed E-state index contributed by atoms with van der Waals surface area (Å²) in [5.74, 6) is 0.915. The van der Waals surface area contributed by atoms with Gasteiger partial charge in [0.05, 0.1) is 12.4 Å². The van der Waals surface area contributed by atoms with E-state index in [1.54, 1.807) is 18.2 Å². The van der Waals surface area contributed by atoms with Crippen molar-refractivity contribution in [3.05, 3.63) is 36.2 Å². The summed E-state index contributed by atoms with van der Waals surface area (Å²) in [6.07, 6.45) is 2.07. The molecule has 0 aliphatic heterocycles. The second-order valence-electron chi connectivity index (χ2n) is 4.04. The maximum absolute atomic E-state index is 10.7. The Labute approximate surface area is 117 Å². The molecule has 2 heterocycles. The highest BCUT2D eigenvalue weighted by atomic mass is 16.5. The average Bonchev–Trinajstić information content (AvgIpc) is 3.17. The molecule has 106 valence electrons. The van der Waals surface area contributed by atoms with Gasteiger partial charge in [-0.2, -0.15) is 0 Å². The first kappa shape index (κ1) is 12.8. The van der Waals surface area contributed by atoms with Gasteiger partial charge in [-0.25, -0.2) is 4.79 Å². The molecule has 0 radical (unpaired) electrons. The van der Waals surface area contributed by atoms with E-state index in [1.807, 2.05) is 0 Å². The van der Waals surface area contributed by atoms with Crippen LogP contribution < -0.4 is 5.73 Å². The lowest BCUT2D eigenvalue weighted by Crippen LogP contribution is -2.12. The molecule has 9 nitrogen and oxygen atoms in total. The van der Waals surface area contributed by atoms with Crippen molar-refractivity contribution in [2.75, 3.05) is 0 Å². The quantitative estimate of drug-likeness (QED) is 0.761. The lowest BCUT2D eigenvalue weighted by molar-refractivity contribution is 0.150. The number of aromatic nitrogens is 4. The van der Waals surface area contributed by atoms with Crippen molar-refractivity contribution < 1.29 is 18.6 Å². The predicted octanol–water partition coefficient (Wildman–Crippen LogP) is 1.38. The van der Waals surface area contributed by atoms with Gasteiger partial charge in [0.25, 0.3) is 0 Å². The van der Waals surface area contributed by atoms with Gasteiger partial charge in [-0.05, 0) is 6.07 Å². The first-order valence-electron chi connectivity index (χ1n) is 5.84. The van der Waals surface area contributed by atoms with Crippen LogP contribution in [0.15, 0.2) is 39.6 Å². The van der Waals surface area contributed by atoms with Crippen LogP contribution in [-0.4, -0.2) is 26.8 Å². The molecule has 0 unspecified atom stereocenters. The van der Waals surface area contributed by atoms with Gasteiger partial charge >= 0.3 is 6.09 Å². The van der Waals surface area contributed by atoms with Crippen molar-refractivity contribution in [2.24, 2.45) is 5.73 Å². The Balaban J connectivity index is 2.02. The first-order valence-corrected chi connectivity index (χ1v) is 5.84. The Kier molecular flexibility index (Phi) is 3.29. The average molecular weight is 287 g/mol. The van der Waals surface area contributed by atoms with E-state index in [1.165, 1.54) is 12.4 Å². The smallest absolute Gasteiger partial charge is 0.404 e. The number of nitrogens with two attached hydrogens (primary N) is 1. The van der Waals surface area contributed by atoms with Gasteiger partial charge in [-0.1, -0.05) is 12.1 Å². The van der Waals surface area contributed by atoms with Gasteiger partial charge in [-0.15, -0.1) is 10.2 Å². The van der Waals surface area contributed by atoms with E-state index in [0.29, 0.717) is 22.6 Å². The molecule has 0 atom stereocenters. The zero-order chi connectivity index (χ0) is 14.7. The van der Waals surface area contributed by atoms with Crippen molar-refractivity contribution in [1.29, 1.82) is 0 Å². The van der Waals surface area contributed by atoms with Crippen molar-refractivity contribution >= 4 is 6.09 Å². The molecule has 0 bridgehead atoms. The molecular weight excluding hydrogens is 278 g/mol. The van der Waals surface area contributed by atoms with E-state index < -0.39 is 6.09 Å². The number of hydrogen-bond donors (Lipinski definition) is 1. The fourth-order valence-electron chi connectivity index (χ4n) is 1.81. The summed E-state index contributed by atoms with van der Waals surface area (Å²) >= 11 is 0. The lowest BCUT2D eigenvalue weighted by atomic mass is 10.0.